The number of nitrogens with one attached hydrogen (secondary N) is 1. The molecule has 0 aliphatic heterocycles. The Kier molecular flexibility index (Phi) is 4.49. The second-order valence-corrected chi connectivity index (χ2v) is 5.51. The third-order valence-corrected chi connectivity index (χ3v) is 4.41. The van der Waals surface area contributed by atoms with Crippen LogP contribution in [0.1, 0.15) is 16.7 Å². The van der Waals surface area contributed by atoms with Gasteiger partial charge in [-0.15, -0.1) is 0 Å². The lowest BCUT2D eigenvalue weighted by Crippen LogP contribution is -2.14. The summed E-state index contributed by atoms with van der Waals surface area (Å²) in [5, 5.41) is 4.85. The number of hydrogen-bond acceptors (Lipinski definition) is 4. The number of aliphatic imine (C=N–C) groups is 1. The highest BCUT2D eigenvalue weighted by molar-refractivity contribution is 8.13. The first kappa shape index (κ1) is 14.7. The fourth-order valence-corrected chi connectivity index (χ4v) is 2.84. The van der Waals surface area contributed by atoms with Crippen LogP contribution in [-0.4, -0.2) is 19.3 Å². The molecule has 5 heteroatoms. The van der Waals surface area contributed by atoms with Crippen molar-refractivity contribution >= 4 is 27.9 Å². The van der Waals surface area contributed by atoms with E-state index >= 15 is 0 Å². The van der Waals surface area contributed by atoms with Crippen molar-refractivity contribution in [2.75, 3.05) is 14.1 Å². The zero-order valence-electron chi connectivity index (χ0n) is 12.1. The minimum atomic E-state index is -0.304. The molecule has 0 unspecified atom stereocenters. The third-order valence-electron chi connectivity index (χ3n) is 3.30. The van der Waals surface area contributed by atoms with Crippen LogP contribution in [0.4, 0.5) is 0 Å². The van der Waals surface area contributed by atoms with E-state index in [1.807, 2.05) is 27.0 Å². The summed E-state index contributed by atoms with van der Waals surface area (Å²) in [6.45, 7) is 3.99. The van der Waals surface area contributed by atoms with Gasteiger partial charge >= 0.3 is 5.63 Å². The number of thioether (sulfide) groups is 1. The van der Waals surface area contributed by atoms with Gasteiger partial charge in [0.15, 0.2) is 5.17 Å². The van der Waals surface area contributed by atoms with Gasteiger partial charge in [0, 0.05) is 31.3 Å². The molecule has 0 aliphatic carbocycles. The second-order valence-electron chi connectivity index (χ2n) is 4.54. The highest BCUT2D eigenvalue weighted by Crippen LogP contribution is 2.25. The number of amidine groups is 1. The van der Waals surface area contributed by atoms with E-state index in [0.717, 1.165) is 27.2 Å². The molecule has 2 aromatic rings. The quantitative estimate of drug-likeness (QED) is 0.525. The molecule has 0 fully saturated rings. The SMILES string of the molecule is CN=C(NC)SCc1cc(=O)oc2c(C)c(C)ccc12. The zero-order valence-corrected chi connectivity index (χ0v) is 12.9. The molecule has 1 heterocycles. The van der Waals surface area contributed by atoms with Crippen LogP contribution in [0, 0.1) is 13.8 Å². The van der Waals surface area contributed by atoms with E-state index in [1.54, 1.807) is 24.9 Å². The maximum absolute atomic E-state index is 11.7. The summed E-state index contributed by atoms with van der Waals surface area (Å²) in [6, 6.07) is 5.63. The summed E-state index contributed by atoms with van der Waals surface area (Å²) in [5.74, 6) is 0.679. The van der Waals surface area contributed by atoms with Crippen molar-refractivity contribution in [1.82, 2.24) is 5.32 Å². The number of aryl methyl sites for hydroxylation is 2. The number of fused-ring (bicyclic) bond motifs is 1. The highest BCUT2D eigenvalue weighted by Gasteiger charge is 2.10. The molecule has 20 heavy (non-hydrogen) atoms. The van der Waals surface area contributed by atoms with Gasteiger partial charge in [-0.05, 0) is 30.5 Å². The molecule has 1 N–H and O–H groups in total. The summed E-state index contributed by atoms with van der Waals surface area (Å²) in [7, 11) is 3.57. The van der Waals surface area contributed by atoms with Gasteiger partial charge in [0.25, 0.3) is 0 Å². The fraction of sp³-hybridized carbons (Fsp3) is 0.333. The molecule has 0 radical (unpaired) electrons. The standard InChI is InChI=1S/C15H18N2O2S/c1-9-5-6-12-11(8-20-15(16-3)17-4)7-13(18)19-14(12)10(9)2/h5-7H,8H2,1-4H3,(H,16,17). The Morgan fingerprint density at radius 1 is 1.40 bits per heavy atom. The van der Waals surface area contributed by atoms with Crippen LogP contribution in [0.25, 0.3) is 11.0 Å². The molecule has 0 spiro atoms. The predicted octanol–water partition coefficient (Wildman–Crippen LogP) is 2.85. The van der Waals surface area contributed by atoms with Gasteiger partial charge in [-0.1, -0.05) is 23.9 Å². The van der Waals surface area contributed by atoms with Gasteiger partial charge in [0.05, 0.1) is 0 Å². The first-order chi connectivity index (χ1) is 9.56. The highest BCUT2D eigenvalue weighted by atomic mass is 32.2. The van der Waals surface area contributed by atoms with E-state index < -0.39 is 0 Å². The molecule has 0 aliphatic rings. The molecule has 0 saturated carbocycles. The van der Waals surface area contributed by atoms with Crippen molar-refractivity contribution in [2.45, 2.75) is 19.6 Å². The van der Waals surface area contributed by atoms with Gasteiger partial charge in [-0.25, -0.2) is 4.79 Å². The van der Waals surface area contributed by atoms with Crippen molar-refractivity contribution in [1.29, 1.82) is 0 Å². The number of nitrogens with zero attached hydrogens (tertiary/aromatic N) is 1. The molecular weight excluding hydrogens is 272 g/mol. The van der Waals surface area contributed by atoms with Crippen molar-refractivity contribution in [2.24, 2.45) is 4.99 Å². The molecule has 1 aromatic carbocycles. The first-order valence-corrected chi connectivity index (χ1v) is 7.35. The van der Waals surface area contributed by atoms with E-state index in [0.29, 0.717) is 11.3 Å². The van der Waals surface area contributed by atoms with Crippen LogP contribution < -0.4 is 10.9 Å². The van der Waals surface area contributed by atoms with Crippen LogP contribution in [0.5, 0.6) is 0 Å². The molecule has 2 rings (SSSR count). The maximum atomic E-state index is 11.7. The van der Waals surface area contributed by atoms with Crippen LogP contribution >= 0.6 is 11.8 Å². The minimum absolute atomic E-state index is 0.304. The number of rotatable bonds is 2. The summed E-state index contributed by atoms with van der Waals surface area (Å²) < 4.78 is 5.36. The Bertz CT molecular complexity index is 720. The largest absolute Gasteiger partial charge is 0.422 e. The fourth-order valence-electron chi connectivity index (χ4n) is 2.04. The van der Waals surface area contributed by atoms with Crippen molar-refractivity contribution in [3.8, 4) is 0 Å². The Morgan fingerprint density at radius 3 is 2.80 bits per heavy atom. The smallest absolute Gasteiger partial charge is 0.336 e. The van der Waals surface area contributed by atoms with Gasteiger partial charge in [0.2, 0.25) is 0 Å². The van der Waals surface area contributed by atoms with E-state index in [9.17, 15) is 4.79 Å². The molecule has 1 aromatic heterocycles. The van der Waals surface area contributed by atoms with E-state index in [1.165, 1.54) is 0 Å². The summed E-state index contributed by atoms with van der Waals surface area (Å²) >= 11 is 1.57. The topological polar surface area (TPSA) is 54.6 Å². The van der Waals surface area contributed by atoms with Crippen molar-refractivity contribution in [3.05, 3.63) is 45.3 Å². The summed E-state index contributed by atoms with van der Waals surface area (Å²) in [6.07, 6.45) is 0. The van der Waals surface area contributed by atoms with Gasteiger partial charge < -0.3 is 9.73 Å². The normalized spacial score (nSPS) is 11.9. The van der Waals surface area contributed by atoms with Crippen LogP contribution in [0.2, 0.25) is 0 Å². The van der Waals surface area contributed by atoms with Gasteiger partial charge in [-0.3, -0.25) is 4.99 Å². The zero-order chi connectivity index (χ0) is 14.7. The van der Waals surface area contributed by atoms with E-state index in [2.05, 4.69) is 16.4 Å². The lowest BCUT2D eigenvalue weighted by atomic mass is 10.0. The molecule has 4 nitrogen and oxygen atoms in total. The average Bonchev–Trinajstić information content (AvgIpc) is 2.44. The lowest BCUT2D eigenvalue weighted by Gasteiger charge is -2.09. The Morgan fingerprint density at radius 2 is 2.15 bits per heavy atom. The maximum Gasteiger partial charge on any atom is 0.336 e. The second kappa shape index (κ2) is 6.13. The monoisotopic (exact) mass is 290 g/mol. The molecule has 0 amide bonds. The van der Waals surface area contributed by atoms with E-state index in [4.69, 9.17) is 4.42 Å². The molecule has 0 bridgehead atoms. The third kappa shape index (κ3) is 2.88. The minimum Gasteiger partial charge on any atom is -0.422 e. The van der Waals surface area contributed by atoms with Crippen molar-refractivity contribution in [3.63, 3.8) is 0 Å². The Hall–Kier alpha value is -1.75. The number of benzene rings is 1. The van der Waals surface area contributed by atoms with Crippen LogP contribution in [0.3, 0.4) is 0 Å². The molecule has 0 atom stereocenters. The molecule has 0 saturated heterocycles. The number of hydrogen-bond donors (Lipinski definition) is 1. The predicted molar refractivity (Wildman–Crippen MR) is 85.7 cm³/mol. The lowest BCUT2D eigenvalue weighted by molar-refractivity contribution is 0.557. The summed E-state index contributed by atoms with van der Waals surface area (Å²) in [4.78, 5) is 15.9. The Balaban J connectivity index is 2.48. The van der Waals surface area contributed by atoms with Crippen LogP contribution in [-0.2, 0) is 5.75 Å². The first-order valence-electron chi connectivity index (χ1n) is 6.37. The average molecular weight is 290 g/mol. The van der Waals surface area contributed by atoms with Crippen molar-refractivity contribution < 1.29 is 4.42 Å². The summed E-state index contributed by atoms with van der Waals surface area (Å²) in [5.41, 5.74) is 3.50. The van der Waals surface area contributed by atoms with Gasteiger partial charge in [0.1, 0.15) is 5.58 Å². The molecule has 106 valence electrons. The van der Waals surface area contributed by atoms with Crippen LogP contribution in [0.15, 0.2) is 32.4 Å². The van der Waals surface area contributed by atoms with E-state index in [-0.39, 0.29) is 5.63 Å². The molecular formula is C15H18N2O2S. The van der Waals surface area contributed by atoms with Gasteiger partial charge in [-0.2, -0.15) is 0 Å². The Labute approximate surface area is 122 Å².